The van der Waals surface area contributed by atoms with E-state index in [0.717, 1.165) is 7.11 Å². The van der Waals surface area contributed by atoms with Crippen LogP contribution in [0.2, 0.25) is 0 Å². The van der Waals surface area contributed by atoms with Crippen molar-refractivity contribution in [3.8, 4) is 0 Å². The Labute approximate surface area is 276 Å². The van der Waals surface area contributed by atoms with Gasteiger partial charge in [-0.15, -0.1) is 0 Å². The van der Waals surface area contributed by atoms with Crippen molar-refractivity contribution >= 4 is 17.9 Å². The number of fused-ring (bicyclic) bond motifs is 7. The molecule has 0 aromatic rings. The van der Waals surface area contributed by atoms with E-state index in [2.05, 4.69) is 0 Å². The van der Waals surface area contributed by atoms with E-state index in [0.29, 0.717) is 0 Å². The SMILES string of the molecule is C/C=C(\C)C(=O)O[C@@H]1C[C@H](O)[C@]23CO[C@](O)(C(=O)OC)[C@H]2[C@](C)([C@]24O[C@@]2(C)[C@H]2C[C@@H]4O[C@@H]4OC=C[C@@]42O)[C@H](O)[C@@H]2OC[C@@]1(C(=O)OC)[C@H]23. The second-order valence-corrected chi connectivity index (χ2v) is 15.2. The molecule has 5 aliphatic heterocycles. The quantitative estimate of drug-likeness (QED) is 0.122. The summed E-state index contributed by atoms with van der Waals surface area (Å²) in [5.74, 6) is -8.80. The Kier molecular flexibility index (Phi) is 6.50. The Balaban J connectivity index is 1.34. The van der Waals surface area contributed by atoms with Crippen LogP contribution in [-0.2, 0) is 52.3 Å². The Bertz CT molecular complexity index is 1550. The highest BCUT2D eigenvalue weighted by atomic mass is 16.7. The molecule has 0 amide bonds. The van der Waals surface area contributed by atoms with Gasteiger partial charge in [-0.3, -0.25) is 4.79 Å². The van der Waals surface area contributed by atoms with Crippen LogP contribution in [0.1, 0.15) is 40.5 Å². The van der Waals surface area contributed by atoms with Gasteiger partial charge in [-0.05, 0) is 33.3 Å². The van der Waals surface area contributed by atoms with Gasteiger partial charge in [0, 0.05) is 40.6 Å². The van der Waals surface area contributed by atoms with Crippen molar-refractivity contribution < 1.29 is 72.7 Å². The van der Waals surface area contributed by atoms with Crippen LogP contribution in [0.25, 0.3) is 0 Å². The molecule has 5 heterocycles. The van der Waals surface area contributed by atoms with Crippen LogP contribution in [0, 0.1) is 34.0 Å². The average molecular weight is 679 g/mol. The number of epoxide rings is 1. The molecule has 7 fully saturated rings. The maximum Gasteiger partial charge on any atom is 0.366 e. The molecule has 15 heteroatoms. The van der Waals surface area contributed by atoms with E-state index >= 15 is 0 Å². The third kappa shape index (κ3) is 3.14. The summed E-state index contributed by atoms with van der Waals surface area (Å²) < 4.78 is 47.4. The molecule has 0 unspecified atom stereocenters. The number of carbonyl (C=O) groups excluding carboxylic acids is 3. The van der Waals surface area contributed by atoms with E-state index in [-0.39, 0.29) is 25.0 Å². The van der Waals surface area contributed by atoms with Crippen molar-refractivity contribution in [2.75, 3.05) is 27.4 Å². The van der Waals surface area contributed by atoms with Crippen molar-refractivity contribution in [3.63, 3.8) is 0 Å². The third-order valence-corrected chi connectivity index (χ3v) is 13.9. The summed E-state index contributed by atoms with van der Waals surface area (Å²) in [4.78, 5) is 40.9. The topological polar surface area (TPSA) is 209 Å². The number of carbonyl (C=O) groups is 3. The molecule has 4 saturated heterocycles. The molecule has 16 atom stereocenters. The minimum atomic E-state index is -2.77. The second kappa shape index (κ2) is 9.57. The van der Waals surface area contributed by atoms with E-state index in [1.54, 1.807) is 33.8 Å². The molecular formula is C33H42O15. The van der Waals surface area contributed by atoms with Crippen molar-refractivity contribution in [1.29, 1.82) is 0 Å². The number of esters is 3. The fraction of sp³-hybridized carbons (Fsp3) is 0.788. The molecule has 4 N–H and O–H groups in total. The van der Waals surface area contributed by atoms with Crippen LogP contribution in [0.4, 0.5) is 0 Å². The Morgan fingerprint density at radius 1 is 1.02 bits per heavy atom. The molecular weight excluding hydrogens is 636 g/mol. The zero-order valence-electron chi connectivity index (χ0n) is 27.5. The van der Waals surface area contributed by atoms with Crippen molar-refractivity contribution in [2.45, 2.75) is 99.9 Å². The smallest absolute Gasteiger partial charge is 0.366 e. The lowest BCUT2D eigenvalue weighted by molar-refractivity contribution is -0.314. The minimum absolute atomic E-state index is 0.264. The minimum Gasteiger partial charge on any atom is -0.469 e. The largest absolute Gasteiger partial charge is 0.469 e. The summed E-state index contributed by atoms with van der Waals surface area (Å²) in [6.45, 7) is 5.77. The molecule has 8 rings (SSSR count). The van der Waals surface area contributed by atoms with Crippen LogP contribution < -0.4 is 0 Å². The van der Waals surface area contributed by atoms with E-state index in [9.17, 15) is 34.8 Å². The lowest BCUT2D eigenvalue weighted by Crippen LogP contribution is -2.78. The Morgan fingerprint density at radius 3 is 2.40 bits per heavy atom. The first-order valence-electron chi connectivity index (χ1n) is 16.3. The van der Waals surface area contributed by atoms with Gasteiger partial charge < -0.3 is 58.3 Å². The highest BCUT2D eigenvalue weighted by molar-refractivity contribution is 5.88. The fourth-order valence-electron chi connectivity index (χ4n) is 11.8. The molecule has 3 saturated carbocycles. The normalized spacial score (nSPS) is 56.7. The van der Waals surface area contributed by atoms with Gasteiger partial charge in [0.2, 0.25) is 6.29 Å². The molecule has 0 radical (unpaired) electrons. The fourth-order valence-corrected chi connectivity index (χ4v) is 11.8. The van der Waals surface area contributed by atoms with Gasteiger partial charge in [0.25, 0.3) is 5.79 Å². The predicted octanol–water partition coefficient (Wildman–Crippen LogP) is -0.774. The van der Waals surface area contributed by atoms with Gasteiger partial charge in [0.15, 0.2) is 5.60 Å². The lowest BCUT2D eigenvalue weighted by Gasteiger charge is -2.65. The molecule has 264 valence electrons. The van der Waals surface area contributed by atoms with Crippen LogP contribution >= 0.6 is 0 Å². The summed E-state index contributed by atoms with van der Waals surface area (Å²) in [5, 5.41) is 49.3. The maximum absolute atomic E-state index is 14.1. The number of methoxy groups -OCH3 is 2. The molecule has 15 nitrogen and oxygen atoms in total. The molecule has 2 bridgehead atoms. The van der Waals surface area contributed by atoms with Crippen LogP contribution in [0.3, 0.4) is 0 Å². The van der Waals surface area contributed by atoms with E-state index in [1.807, 2.05) is 0 Å². The van der Waals surface area contributed by atoms with Crippen molar-refractivity contribution in [1.82, 2.24) is 0 Å². The van der Waals surface area contributed by atoms with Crippen LogP contribution in [0.5, 0.6) is 0 Å². The summed E-state index contributed by atoms with van der Waals surface area (Å²) in [5.41, 5.74) is -9.22. The first kappa shape index (κ1) is 32.6. The third-order valence-electron chi connectivity index (χ3n) is 13.9. The first-order chi connectivity index (χ1) is 22.6. The number of ether oxygens (including phenoxy) is 8. The predicted molar refractivity (Wildman–Crippen MR) is 155 cm³/mol. The second-order valence-electron chi connectivity index (χ2n) is 15.2. The molecule has 3 aliphatic carbocycles. The molecule has 48 heavy (non-hydrogen) atoms. The highest BCUT2D eigenvalue weighted by Gasteiger charge is 2.96. The number of hydrogen-bond acceptors (Lipinski definition) is 15. The number of aliphatic hydroxyl groups excluding tert-OH is 2. The molecule has 0 aromatic heterocycles. The van der Waals surface area contributed by atoms with E-state index < -0.39 is 118 Å². The summed E-state index contributed by atoms with van der Waals surface area (Å²) in [7, 11) is 2.25. The van der Waals surface area contributed by atoms with E-state index in [4.69, 9.17) is 37.9 Å². The van der Waals surface area contributed by atoms with Gasteiger partial charge in [-0.25, -0.2) is 9.59 Å². The number of hydrogen-bond donors (Lipinski definition) is 4. The van der Waals surface area contributed by atoms with Gasteiger partial charge in [-0.2, -0.15) is 0 Å². The van der Waals surface area contributed by atoms with Crippen LogP contribution in [0.15, 0.2) is 24.0 Å². The first-order valence-corrected chi connectivity index (χ1v) is 16.3. The van der Waals surface area contributed by atoms with Crippen molar-refractivity contribution in [2.24, 2.45) is 34.0 Å². The maximum atomic E-state index is 14.1. The van der Waals surface area contributed by atoms with Gasteiger partial charge in [0.05, 0.1) is 58.1 Å². The summed E-state index contributed by atoms with van der Waals surface area (Å²) in [6.07, 6.45) is -3.11. The van der Waals surface area contributed by atoms with Gasteiger partial charge in [-0.1, -0.05) is 13.0 Å². The lowest BCUT2D eigenvalue weighted by atomic mass is 9.37. The number of aliphatic hydroxyl groups is 4. The summed E-state index contributed by atoms with van der Waals surface area (Å²) >= 11 is 0. The molecule has 1 spiro atoms. The van der Waals surface area contributed by atoms with Gasteiger partial charge in [0.1, 0.15) is 22.7 Å². The summed E-state index contributed by atoms with van der Waals surface area (Å²) in [6, 6.07) is 0. The Hall–Kier alpha value is -2.63. The number of allylic oxidation sites excluding steroid dienone is 1. The van der Waals surface area contributed by atoms with Crippen molar-refractivity contribution in [3.05, 3.63) is 24.0 Å². The molecule has 8 aliphatic rings. The van der Waals surface area contributed by atoms with Crippen LogP contribution in [-0.4, -0.2) is 125 Å². The van der Waals surface area contributed by atoms with Gasteiger partial charge >= 0.3 is 17.9 Å². The highest BCUT2D eigenvalue weighted by Crippen LogP contribution is 2.82. The van der Waals surface area contributed by atoms with E-state index in [1.165, 1.54) is 19.4 Å². The zero-order valence-corrected chi connectivity index (χ0v) is 27.5. The monoisotopic (exact) mass is 678 g/mol. The average Bonchev–Trinajstić information content (AvgIpc) is 3.44. The standard InChI is InChI=1S/C33H42O15/c1-7-14(2)22(36)46-17-11-16(34)29-13-45-32(40,25(38)42-6)23(29)27(3,21(35)19-20(29)30(17,12-44-19)24(37)41-5)33-18-10-15(28(33,4)48-33)31(39)8-9-43-26(31)47-18/h7-9,15-21,23,26,34-35,39-40H,10-13H2,1-6H3/b14-7+/t15-,16+,17-,18+,19-,20-,21-,23+,26+,27-,28+,29+,30+,31+,32+,33+/m1/s1. The zero-order chi connectivity index (χ0) is 34.6. The Morgan fingerprint density at radius 2 is 1.73 bits per heavy atom. The molecule has 0 aromatic carbocycles. The number of rotatable bonds is 5.